The van der Waals surface area contributed by atoms with E-state index in [0.717, 1.165) is 18.4 Å². The number of aryl methyl sites for hydroxylation is 2. The van der Waals surface area contributed by atoms with Gasteiger partial charge in [0, 0.05) is 18.1 Å². The molecule has 0 N–H and O–H groups in total. The third kappa shape index (κ3) is 5.96. The van der Waals surface area contributed by atoms with Crippen LogP contribution >= 0.6 is 0 Å². The van der Waals surface area contributed by atoms with Crippen LogP contribution < -0.4 is 0 Å². The number of aliphatic imine (C=N–C) groups is 1. The maximum absolute atomic E-state index is 4.51. The van der Waals surface area contributed by atoms with Crippen molar-refractivity contribution in [2.75, 3.05) is 0 Å². The van der Waals surface area contributed by atoms with Gasteiger partial charge in [-0.1, -0.05) is 33.3 Å². The molecule has 0 radical (unpaired) electrons. The van der Waals surface area contributed by atoms with Gasteiger partial charge >= 0.3 is 0 Å². The average Bonchev–Trinajstić information content (AvgIpc) is 2.41. The van der Waals surface area contributed by atoms with E-state index in [9.17, 15) is 0 Å². The SMILES string of the molecule is C=N/C=C(C)/C=C(\C)c1cnc(CCC)cc1C.CC. The second-order valence-corrected chi connectivity index (χ2v) is 4.62. The summed E-state index contributed by atoms with van der Waals surface area (Å²) in [4.78, 5) is 8.28. The molecule has 1 heterocycles. The highest BCUT2D eigenvalue weighted by Crippen LogP contribution is 2.20. The molecule has 1 rings (SSSR count). The molecule has 0 saturated carbocycles. The fourth-order valence-corrected chi connectivity index (χ4v) is 2.02. The fourth-order valence-electron chi connectivity index (χ4n) is 2.02. The molecule has 0 atom stereocenters. The van der Waals surface area contributed by atoms with E-state index in [4.69, 9.17) is 0 Å². The Morgan fingerprint density at radius 2 is 2.00 bits per heavy atom. The van der Waals surface area contributed by atoms with E-state index in [1.165, 1.54) is 22.4 Å². The van der Waals surface area contributed by atoms with Gasteiger partial charge < -0.3 is 0 Å². The maximum atomic E-state index is 4.51. The molecule has 2 heteroatoms. The molecule has 0 aromatic carbocycles. The minimum atomic E-state index is 1.04. The molecule has 20 heavy (non-hydrogen) atoms. The number of pyridine rings is 1. The van der Waals surface area contributed by atoms with Gasteiger partial charge in [-0.3, -0.25) is 9.98 Å². The van der Waals surface area contributed by atoms with Crippen LogP contribution in [0.1, 0.15) is 57.9 Å². The Morgan fingerprint density at radius 3 is 2.50 bits per heavy atom. The van der Waals surface area contributed by atoms with Crippen molar-refractivity contribution in [1.82, 2.24) is 4.98 Å². The Labute approximate surface area is 124 Å². The van der Waals surface area contributed by atoms with Crippen LogP contribution in [0.5, 0.6) is 0 Å². The van der Waals surface area contributed by atoms with Crippen LogP contribution in [0.15, 0.2) is 35.1 Å². The quantitative estimate of drug-likeness (QED) is 0.522. The molecule has 0 aliphatic heterocycles. The summed E-state index contributed by atoms with van der Waals surface area (Å²) < 4.78 is 0. The van der Waals surface area contributed by atoms with Crippen LogP contribution in [0.2, 0.25) is 0 Å². The van der Waals surface area contributed by atoms with Crippen molar-refractivity contribution in [3.05, 3.63) is 46.9 Å². The molecule has 0 bridgehead atoms. The summed E-state index contributed by atoms with van der Waals surface area (Å²) in [6, 6.07) is 2.18. The zero-order valence-electron chi connectivity index (χ0n) is 13.8. The first kappa shape index (κ1) is 18.3. The monoisotopic (exact) mass is 272 g/mol. The topological polar surface area (TPSA) is 25.2 Å². The van der Waals surface area contributed by atoms with Crippen molar-refractivity contribution in [1.29, 1.82) is 0 Å². The molecule has 2 nitrogen and oxygen atoms in total. The number of aromatic nitrogens is 1. The van der Waals surface area contributed by atoms with E-state index in [2.05, 4.69) is 49.6 Å². The molecule has 0 aliphatic rings. The van der Waals surface area contributed by atoms with Crippen LogP contribution in [-0.2, 0) is 6.42 Å². The Balaban J connectivity index is 0.00000172. The molecule has 0 unspecified atom stereocenters. The molecule has 0 amide bonds. The molecule has 0 spiro atoms. The van der Waals surface area contributed by atoms with Gasteiger partial charge in [-0.05, 0) is 62.2 Å². The lowest BCUT2D eigenvalue weighted by molar-refractivity contribution is 0.879. The van der Waals surface area contributed by atoms with E-state index >= 15 is 0 Å². The zero-order valence-corrected chi connectivity index (χ0v) is 13.8. The van der Waals surface area contributed by atoms with Crippen LogP contribution in [0, 0.1) is 6.92 Å². The van der Waals surface area contributed by atoms with Gasteiger partial charge in [-0.2, -0.15) is 0 Å². The Bertz CT molecular complexity index is 482. The van der Waals surface area contributed by atoms with Crippen molar-refractivity contribution < 1.29 is 0 Å². The standard InChI is InChI=1S/C16H22N2.C2H6/c1-6-7-15-9-14(4)16(11-18-15)13(3)8-12(2)10-17-5;1-2/h8-11H,5-7H2,1-4H3;1-2H3/b12-10+,13-8+;. The number of rotatable bonds is 5. The molecule has 0 fully saturated rings. The lowest BCUT2D eigenvalue weighted by atomic mass is 10.0. The van der Waals surface area contributed by atoms with Gasteiger partial charge in [0.15, 0.2) is 0 Å². The predicted molar refractivity (Wildman–Crippen MR) is 91.3 cm³/mol. The van der Waals surface area contributed by atoms with E-state index < -0.39 is 0 Å². The van der Waals surface area contributed by atoms with Crippen molar-refractivity contribution >= 4 is 12.3 Å². The third-order valence-corrected chi connectivity index (χ3v) is 2.84. The summed E-state index contributed by atoms with van der Waals surface area (Å²) in [7, 11) is 0. The average molecular weight is 272 g/mol. The lowest BCUT2D eigenvalue weighted by Gasteiger charge is -2.08. The third-order valence-electron chi connectivity index (χ3n) is 2.84. The van der Waals surface area contributed by atoms with Crippen LogP contribution in [0.25, 0.3) is 5.57 Å². The second-order valence-electron chi connectivity index (χ2n) is 4.62. The summed E-state index contributed by atoms with van der Waals surface area (Å²) in [6.45, 7) is 15.9. The minimum absolute atomic E-state index is 1.04. The van der Waals surface area contributed by atoms with Gasteiger partial charge in [0.25, 0.3) is 0 Å². The van der Waals surface area contributed by atoms with E-state index in [1.54, 1.807) is 6.20 Å². The second kappa shape index (κ2) is 10.1. The van der Waals surface area contributed by atoms with Crippen molar-refractivity contribution in [2.24, 2.45) is 4.99 Å². The summed E-state index contributed by atoms with van der Waals surface area (Å²) in [5.41, 5.74) is 5.96. The Kier molecular flexibility index (Phi) is 9.27. The lowest BCUT2D eigenvalue weighted by Crippen LogP contribution is -1.94. The van der Waals surface area contributed by atoms with Gasteiger partial charge in [-0.15, -0.1) is 0 Å². The number of nitrogens with zero attached hydrogens (tertiary/aromatic N) is 2. The van der Waals surface area contributed by atoms with Gasteiger partial charge in [0.1, 0.15) is 0 Å². The number of allylic oxidation sites excluding steroid dienone is 3. The zero-order chi connectivity index (χ0) is 15.5. The highest BCUT2D eigenvalue weighted by molar-refractivity contribution is 5.68. The molecule has 1 aromatic rings. The predicted octanol–water partition coefficient (Wildman–Crippen LogP) is 5.38. The molecule has 0 aliphatic carbocycles. The Morgan fingerprint density at radius 1 is 1.35 bits per heavy atom. The largest absolute Gasteiger partial charge is 0.272 e. The number of hydrogen-bond donors (Lipinski definition) is 0. The number of hydrogen-bond acceptors (Lipinski definition) is 2. The van der Waals surface area contributed by atoms with Gasteiger partial charge in [-0.25, -0.2) is 0 Å². The fraction of sp³-hybridized carbons (Fsp3) is 0.444. The molecule has 1 aromatic heterocycles. The molecular formula is C18H28N2. The van der Waals surface area contributed by atoms with Crippen molar-refractivity contribution in [2.45, 2.75) is 54.4 Å². The Hall–Kier alpha value is -1.70. The molecule has 0 saturated heterocycles. The summed E-state index contributed by atoms with van der Waals surface area (Å²) in [6.07, 6.45) is 8.02. The van der Waals surface area contributed by atoms with Crippen LogP contribution in [-0.4, -0.2) is 11.7 Å². The van der Waals surface area contributed by atoms with Gasteiger partial charge in [0.2, 0.25) is 0 Å². The van der Waals surface area contributed by atoms with E-state index in [-0.39, 0.29) is 0 Å². The summed E-state index contributed by atoms with van der Waals surface area (Å²) in [5, 5.41) is 0. The smallest absolute Gasteiger partial charge is 0.0406 e. The van der Waals surface area contributed by atoms with Crippen LogP contribution in [0.4, 0.5) is 0 Å². The molecule has 110 valence electrons. The van der Waals surface area contributed by atoms with Crippen molar-refractivity contribution in [3.63, 3.8) is 0 Å². The highest BCUT2D eigenvalue weighted by Gasteiger charge is 2.03. The first-order valence-electron chi connectivity index (χ1n) is 7.35. The summed E-state index contributed by atoms with van der Waals surface area (Å²) >= 11 is 0. The van der Waals surface area contributed by atoms with Crippen LogP contribution in [0.3, 0.4) is 0 Å². The minimum Gasteiger partial charge on any atom is -0.272 e. The summed E-state index contributed by atoms with van der Waals surface area (Å²) in [5.74, 6) is 0. The molecular weight excluding hydrogens is 244 g/mol. The maximum Gasteiger partial charge on any atom is 0.0406 e. The van der Waals surface area contributed by atoms with E-state index in [1.807, 2.05) is 27.0 Å². The van der Waals surface area contributed by atoms with E-state index in [0.29, 0.717) is 0 Å². The van der Waals surface area contributed by atoms with Crippen molar-refractivity contribution in [3.8, 4) is 0 Å². The first-order valence-corrected chi connectivity index (χ1v) is 7.35. The normalized spacial score (nSPS) is 11.7. The highest BCUT2D eigenvalue weighted by atomic mass is 14.7. The first-order chi connectivity index (χ1) is 9.58. The van der Waals surface area contributed by atoms with Gasteiger partial charge in [0.05, 0.1) is 0 Å².